The number of carbonyl (C=O) groups is 2. The Kier molecular flexibility index (Phi) is 4.05. The van der Waals surface area contributed by atoms with Crippen LogP contribution < -0.4 is 10.9 Å². The number of nitrogens with one attached hydrogen (secondary N) is 2. The van der Waals surface area contributed by atoms with E-state index in [1.165, 1.54) is 18.3 Å². The van der Waals surface area contributed by atoms with E-state index in [1.807, 2.05) is 0 Å². The number of aromatic nitrogens is 1. The molecule has 104 valence electrons. The molecule has 2 heterocycles. The molecule has 2 aromatic heterocycles. The van der Waals surface area contributed by atoms with E-state index in [1.54, 1.807) is 19.9 Å². The molecule has 20 heavy (non-hydrogen) atoms. The lowest BCUT2D eigenvalue weighted by molar-refractivity contribution is 0.0845. The third-order valence-corrected chi connectivity index (χ3v) is 2.79. The monoisotopic (exact) mass is 293 g/mol. The SMILES string of the molecule is Cc1cc(C(=O)NNC(=O)c2ccc(Cl)nc2)c(C)o1. The highest BCUT2D eigenvalue weighted by Crippen LogP contribution is 2.13. The highest BCUT2D eigenvalue weighted by Gasteiger charge is 2.14. The fourth-order valence-electron chi connectivity index (χ4n) is 1.62. The summed E-state index contributed by atoms with van der Waals surface area (Å²) in [5, 5.41) is 0.287. The van der Waals surface area contributed by atoms with Crippen LogP contribution in [0, 0.1) is 13.8 Å². The van der Waals surface area contributed by atoms with Crippen molar-refractivity contribution in [3.05, 3.63) is 52.2 Å². The zero-order valence-electron chi connectivity index (χ0n) is 10.9. The molecule has 0 saturated carbocycles. The normalized spacial score (nSPS) is 10.2. The third-order valence-electron chi connectivity index (χ3n) is 2.56. The topological polar surface area (TPSA) is 84.2 Å². The van der Waals surface area contributed by atoms with Crippen molar-refractivity contribution in [1.29, 1.82) is 0 Å². The summed E-state index contributed by atoms with van der Waals surface area (Å²) in [5.74, 6) is 0.179. The van der Waals surface area contributed by atoms with Crippen molar-refractivity contribution in [3.63, 3.8) is 0 Å². The second kappa shape index (κ2) is 5.75. The Hall–Kier alpha value is -2.34. The Morgan fingerprint density at radius 1 is 1.20 bits per heavy atom. The summed E-state index contributed by atoms with van der Waals surface area (Å²) >= 11 is 5.62. The van der Waals surface area contributed by atoms with Crippen LogP contribution in [-0.2, 0) is 0 Å². The van der Waals surface area contributed by atoms with Crippen molar-refractivity contribution in [2.24, 2.45) is 0 Å². The molecule has 2 N–H and O–H groups in total. The minimum atomic E-state index is -0.486. The summed E-state index contributed by atoms with van der Waals surface area (Å²) < 4.78 is 5.24. The Morgan fingerprint density at radius 3 is 2.45 bits per heavy atom. The maximum atomic E-state index is 11.8. The second-order valence-corrected chi connectivity index (χ2v) is 4.49. The highest BCUT2D eigenvalue weighted by atomic mass is 35.5. The Labute approximate surface area is 120 Å². The Balaban J connectivity index is 1.98. The quantitative estimate of drug-likeness (QED) is 0.655. The van der Waals surface area contributed by atoms with E-state index in [2.05, 4.69) is 15.8 Å². The minimum absolute atomic E-state index is 0.287. The number of rotatable bonds is 2. The summed E-state index contributed by atoms with van der Waals surface area (Å²) in [6.45, 7) is 3.41. The third kappa shape index (κ3) is 3.16. The zero-order valence-corrected chi connectivity index (χ0v) is 11.6. The number of aryl methyl sites for hydroxylation is 2. The molecular weight excluding hydrogens is 282 g/mol. The molecular formula is C13H12ClN3O3. The molecule has 2 rings (SSSR count). The van der Waals surface area contributed by atoms with E-state index in [9.17, 15) is 9.59 Å². The molecule has 0 saturated heterocycles. The first-order chi connectivity index (χ1) is 9.47. The molecule has 2 aromatic rings. The van der Waals surface area contributed by atoms with E-state index in [-0.39, 0.29) is 10.7 Å². The molecule has 0 unspecified atom stereocenters. The largest absolute Gasteiger partial charge is 0.466 e. The highest BCUT2D eigenvalue weighted by molar-refractivity contribution is 6.29. The molecule has 0 aliphatic heterocycles. The lowest BCUT2D eigenvalue weighted by atomic mass is 10.2. The number of halogens is 1. The van der Waals surface area contributed by atoms with Crippen LogP contribution in [0.4, 0.5) is 0 Å². The van der Waals surface area contributed by atoms with Crippen LogP contribution in [0.25, 0.3) is 0 Å². The number of hydrazine groups is 1. The second-order valence-electron chi connectivity index (χ2n) is 4.10. The maximum absolute atomic E-state index is 11.8. The van der Waals surface area contributed by atoms with Crippen molar-refractivity contribution >= 4 is 23.4 Å². The van der Waals surface area contributed by atoms with Gasteiger partial charge in [-0.3, -0.25) is 20.4 Å². The van der Waals surface area contributed by atoms with Gasteiger partial charge in [0, 0.05) is 6.20 Å². The van der Waals surface area contributed by atoms with Gasteiger partial charge in [0.1, 0.15) is 16.7 Å². The van der Waals surface area contributed by atoms with Gasteiger partial charge in [-0.25, -0.2) is 4.98 Å². The standard InChI is InChI=1S/C13H12ClN3O3/c1-7-5-10(8(2)20-7)13(19)17-16-12(18)9-3-4-11(14)15-6-9/h3-6H,1-2H3,(H,16,18)(H,17,19). The van der Waals surface area contributed by atoms with Crippen molar-refractivity contribution < 1.29 is 14.0 Å². The lowest BCUT2D eigenvalue weighted by Crippen LogP contribution is -2.41. The van der Waals surface area contributed by atoms with E-state index in [0.717, 1.165) is 0 Å². The van der Waals surface area contributed by atoms with Crippen LogP contribution in [0.1, 0.15) is 32.2 Å². The van der Waals surface area contributed by atoms with Crippen molar-refractivity contribution in [1.82, 2.24) is 15.8 Å². The van der Waals surface area contributed by atoms with Crippen LogP contribution in [0.3, 0.4) is 0 Å². The Morgan fingerprint density at radius 2 is 1.90 bits per heavy atom. The predicted octanol–water partition coefficient (Wildman–Crippen LogP) is 2.02. The maximum Gasteiger partial charge on any atom is 0.273 e. The fraction of sp³-hybridized carbons (Fsp3) is 0.154. The molecule has 0 aromatic carbocycles. The average molecular weight is 294 g/mol. The van der Waals surface area contributed by atoms with Crippen LogP contribution in [0.2, 0.25) is 5.15 Å². The van der Waals surface area contributed by atoms with Gasteiger partial charge in [-0.2, -0.15) is 0 Å². The first-order valence-corrected chi connectivity index (χ1v) is 6.14. The lowest BCUT2D eigenvalue weighted by Gasteiger charge is -2.06. The number of carbonyl (C=O) groups excluding carboxylic acids is 2. The summed E-state index contributed by atoms with van der Waals surface area (Å²) in [4.78, 5) is 27.4. The number of hydrogen-bond acceptors (Lipinski definition) is 4. The first kappa shape index (κ1) is 14.1. The predicted molar refractivity (Wildman–Crippen MR) is 72.4 cm³/mol. The number of hydrogen-bond donors (Lipinski definition) is 2. The molecule has 0 radical (unpaired) electrons. The smallest absolute Gasteiger partial charge is 0.273 e. The van der Waals surface area contributed by atoms with Gasteiger partial charge in [-0.05, 0) is 32.0 Å². The van der Waals surface area contributed by atoms with Crippen molar-refractivity contribution in [2.75, 3.05) is 0 Å². The first-order valence-electron chi connectivity index (χ1n) is 5.76. The number of amides is 2. The van der Waals surface area contributed by atoms with Gasteiger partial charge < -0.3 is 4.42 Å². The van der Waals surface area contributed by atoms with E-state index in [0.29, 0.717) is 17.1 Å². The minimum Gasteiger partial charge on any atom is -0.466 e. The van der Waals surface area contributed by atoms with Gasteiger partial charge in [-0.1, -0.05) is 11.6 Å². The average Bonchev–Trinajstić information content (AvgIpc) is 2.75. The Bertz CT molecular complexity index is 649. The van der Waals surface area contributed by atoms with Crippen molar-refractivity contribution in [2.45, 2.75) is 13.8 Å². The molecule has 0 bridgehead atoms. The molecule has 0 aliphatic carbocycles. The van der Waals surface area contributed by atoms with E-state index in [4.69, 9.17) is 16.0 Å². The van der Waals surface area contributed by atoms with Gasteiger partial charge in [0.05, 0.1) is 11.1 Å². The molecule has 0 spiro atoms. The number of nitrogens with zero attached hydrogens (tertiary/aromatic N) is 1. The summed E-state index contributed by atoms with van der Waals surface area (Å²) in [7, 11) is 0. The number of pyridine rings is 1. The van der Waals surface area contributed by atoms with Gasteiger partial charge in [0.25, 0.3) is 11.8 Å². The molecule has 0 fully saturated rings. The van der Waals surface area contributed by atoms with Gasteiger partial charge >= 0.3 is 0 Å². The van der Waals surface area contributed by atoms with Gasteiger partial charge in [0.15, 0.2) is 0 Å². The molecule has 6 nitrogen and oxygen atoms in total. The van der Waals surface area contributed by atoms with Gasteiger partial charge in [0.2, 0.25) is 0 Å². The summed E-state index contributed by atoms with van der Waals surface area (Å²) in [6.07, 6.45) is 1.32. The van der Waals surface area contributed by atoms with Crippen LogP contribution in [0.15, 0.2) is 28.8 Å². The molecule has 2 amide bonds. The van der Waals surface area contributed by atoms with Gasteiger partial charge in [-0.15, -0.1) is 0 Å². The van der Waals surface area contributed by atoms with Crippen molar-refractivity contribution in [3.8, 4) is 0 Å². The molecule has 7 heteroatoms. The molecule has 0 atom stereocenters. The number of furan rings is 1. The van der Waals surface area contributed by atoms with Crippen LogP contribution in [-0.4, -0.2) is 16.8 Å². The van der Waals surface area contributed by atoms with Crippen LogP contribution in [0.5, 0.6) is 0 Å². The zero-order chi connectivity index (χ0) is 14.7. The van der Waals surface area contributed by atoms with E-state index < -0.39 is 11.8 Å². The summed E-state index contributed by atoms with van der Waals surface area (Å²) in [5.41, 5.74) is 5.26. The summed E-state index contributed by atoms with van der Waals surface area (Å²) in [6, 6.07) is 4.59. The molecule has 0 aliphatic rings. The van der Waals surface area contributed by atoms with E-state index >= 15 is 0 Å². The van der Waals surface area contributed by atoms with Crippen LogP contribution >= 0.6 is 11.6 Å². The fourth-order valence-corrected chi connectivity index (χ4v) is 1.73.